The van der Waals surface area contributed by atoms with Crippen LogP contribution in [-0.2, 0) is 11.3 Å². The van der Waals surface area contributed by atoms with E-state index in [9.17, 15) is 4.79 Å². The molecule has 0 fully saturated rings. The number of hydrogen-bond acceptors (Lipinski definition) is 3. The zero-order valence-corrected chi connectivity index (χ0v) is 13.9. The molecule has 112 valence electrons. The predicted molar refractivity (Wildman–Crippen MR) is 86.8 cm³/mol. The van der Waals surface area contributed by atoms with E-state index in [1.54, 1.807) is 18.0 Å². The number of rotatable bonds is 7. The third-order valence-electron chi connectivity index (χ3n) is 3.04. The molecule has 0 unspecified atom stereocenters. The second kappa shape index (κ2) is 8.30. The molecule has 0 N–H and O–H groups in total. The van der Waals surface area contributed by atoms with Gasteiger partial charge in [-0.1, -0.05) is 19.4 Å². The molecule has 0 aromatic carbocycles. The van der Waals surface area contributed by atoms with Crippen molar-refractivity contribution >= 4 is 17.7 Å². The van der Waals surface area contributed by atoms with Gasteiger partial charge in [0.25, 0.3) is 0 Å². The summed E-state index contributed by atoms with van der Waals surface area (Å²) in [5, 5.41) is 0. The minimum Gasteiger partial charge on any atom is -0.333 e. The van der Waals surface area contributed by atoms with Gasteiger partial charge < -0.3 is 4.90 Å². The molecule has 0 saturated carbocycles. The molecule has 4 heteroatoms. The lowest BCUT2D eigenvalue weighted by Crippen LogP contribution is -2.46. The molecule has 0 aliphatic carbocycles. The van der Waals surface area contributed by atoms with Crippen LogP contribution in [-0.4, -0.2) is 32.8 Å². The third kappa shape index (κ3) is 5.95. The molecule has 0 bridgehead atoms. The standard InChI is InChI=1S/C16H26N2OS/c1-5-6-10-20-13-15(19)18(16(2,3)4)12-14-8-7-9-17-11-14/h7-9,11H,5-6,10,12-13H2,1-4H3. The molecule has 0 atom stereocenters. The van der Waals surface area contributed by atoms with Gasteiger partial charge in [0.2, 0.25) is 5.91 Å². The number of carbonyl (C=O) groups is 1. The highest BCUT2D eigenvalue weighted by Gasteiger charge is 2.26. The summed E-state index contributed by atoms with van der Waals surface area (Å²) in [6.45, 7) is 9.05. The van der Waals surface area contributed by atoms with Crippen LogP contribution in [0.2, 0.25) is 0 Å². The quantitative estimate of drug-likeness (QED) is 0.718. The highest BCUT2D eigenvalue weighted by Crippen LogP contribution is 2.19. The van der Waals surface area contributed by atoms with Crippen LogP contribution in [0.3, 0.4) is 0 Å². The molecule has 1 rings (SSSR count). The fourth-order valence-corrected chi connectivity index (χ4v) is 2.83. The van der Waals surface area contributed by atoms with E-state index < -0.39 is 0 Å². The first-order chi connectivity index (χ1) is 9.45. The molecule has 3 nitrogen and oxygen atoms in total. The highest BCUT2D eigenvalue weighted by molar-refractivity contribution is 7.99. The number of carbonyl (C=O) groups excluding carboxylic acids is 1. The number of pyridine rings is 1. The zero-order chi connectivity index (χ0) is 15.0. The predicted octanol–water partition coefficient (Wildman–Crippen LogP) is 3.74. The van der Waals surface area contributed by atoms with Crippen molar-refractivity contribution in [1.82, 2.24) is 9.88 Å². The molecule has 0 aliphatic heterocycles. The lowest BCUT2D eigenvalue weighted by Gasteiger charge is -2.36. The fourth-order valence-electron chi connectivity index (χ4n) is 1.86. The first-order valence-corrected chi connectivity index (χ1v) is 8.37. The van der Waals surface area contributed by atoms with Crippen molar-refractivity contribution in [2.75, 3.05) is 11.5 Å². The van der Waals surface area contributed by atoms with Crippen LogP contribution in [0.4, 0.5) is 0 Å². The average molecular weight is 294 g/mol. The van der Waals surface area contributed by atoms with E-state index in [1.807, 2.05) is 23.2 Å². The average Bonchev–Trinajstić information content (AvgIpc) is 2.40. The van der Waals surface area contributed by atoms with E-state index in [0.29, 0.717) is 12.3 Å². The maximum atomic E-state index is 12.4. The summed E-state index contributed by atoms with van der Waals surface area (Å²) in [4.78, 5) is 18.5. The summed E-state index contributed by atoms with van der Waals surface area (Å²) in [5.74, 6) is 1.84. The molecule has 0 spiro atoms. The first-order valence-electron chi connectivity index (χ1n) is 7.22. The van der Waals surface area contributed by atoms with Crippen LogP contribution in [0.15, 0.2) is 24.5 Å². The minimum absolute atomic E-state index is 0.168. The Morgan fingerprint density at radius 3 is 2.70 bits per heavy atom. The molecule has 1 amide bonds. The molecule has 1 aromatic rings. The summed E-state index contributed by atoms with van der Waals surface area (Å²) in [7, 11) is 0. The Morgan fingerprint density at radius 1 is 1.40 bits per heavy atom. The Kier molecular flexibility index (Phi) is 7.06. The molecular weight excluding hydrogens is 268 g/mol. The second-order valence-corrected chi connectivity index (χ2v) is 7.02. The summed E-state index contributed by atoms with van der Waals surface area (Å²) in [6.07, 6.45) is 5.94. The number of amides is 1. The number of aromatic nitrogens is 1. The smallest absolute Gasteiger partial charge is 0.233 e. The van der Waals surface area contributed by atoms with E-state index >= 15 is 0 Å². The Bertz CT molecular complexity index is 401. The van der Waals surface area contributed by atoms with Gasteiger partial charge in [0, 0.05) is 24.5 Å². The topological polar surface area (TPSA) is 33.2 Å². The van der Waals surface area contributed by atoms with Crippen molar-refractivity contribution < 1.29 is 4.79 Å². The van der Waals surface area contributed by atoms with Gasteiger partial charge >= 0.3 is 0 Å². The second-order valence-electron chi connectivity index (χ2n) is 5.92. The normalized spacial score (nSPS) is 11.4. The Morgan fingerprint density at radius 2 is 2.15 bits per heavy atom. The van der Waals surface area contributed by atoms with E-state index in [1.165, 1.54) is 12.8 Å². The zero-order valence-electron chi connectivity index (χ0n) is 13.1. The SMILES string of the molecule is CCCCSCC(=O)N(Cc1cccnc1)C(C)(C)C. The maximum absolute atomic E-state index is 12.4. The van der Waals surface area contributed by atoms with Gasteiger partial charge in [-0.3, -0.25) is 9.78 Å². The van der Waals surface area contributed by atoms with Crippen LogP contribution in [0, 0.1) is 0 Å². The summed E-state index contributed by atoms with van der Waals surface area (Å²) < 4.78 is 0. The van der Waals surface area contributed by atoms with Crippen molar-refractivity contribution in [3.8, 4) is 0 Å². The summed E-state index contributed by atoms with van der Waals surface area (Å²) in [6, 6.07) is 3.93. The largest absolute Gasteiger partial charge is 0.333 e. The van der Waals surface area contributed by atoms with Crippen molar-refractivity contribution in [2.45, 2.75) is 52.6 Å². The van der Waals surface area contributed by atoms with Crippen molar-refractivity contribution in [3.05, 3.63) is 30.1 Å². The summed E-state index contributed by atoms with van der Waals surface area (Å²) in [5.41, 5.74) is 0.910. The molecule has 0 radical (unpaired) electrons. The van der Waals surface area contributed by atoms with Crippen LogP contribution in [0.25, 0.3) is 0 Å². The van der Waals surface area contributed by atoms with Crippen molar-refractivity contribution in [1.29, 1.82) is 0 Å². The third-order valence-corrected chi connectivity index (χ3v) is 4.07. The van der Waals surface area contributed by atoms with Gasteiger partial charge in [0.05, 0.1) is 5.75 Å². The van der Waals surface area contributed by atoms with Gasteiger partial charge in [-0.2, -0.15) is 11.8 Å². The Balaban J connectivity index is 2.63. The molecule has 0 saturated heterocycles. The molecule has 1 aromatic heterocycles. The summed E-state index contributed by atoms with van der Waals surface area (Å²) >= 11 is 1.73. The molecule has 0 aliphatic rings. The van der Waals surface area contributed by atoms with Gasteiger partial charge in [-0.05, 0) is 44.6 Å². The van der Waals surface area contributed by atoms with Crippen LogP contribution in [0.1, 0.15) is 46.1 Å². The Hall–Kier alpha value is -1.03. The number of nitrogens with zero attached hydrogens (tertiary/aromatic N) is 2. The number of thioether (sulfide) groups is 1. The first kappa shape index (κ1) is 17.0. The molecular formula is C16H26N2OS. The van der Waals surface area contributed by atoms with E-state index in [-0.39, 0.29) is 11.4 Å². The minimum atomic E-state index is -0.168. The monoisotopic (exact) mass is 294 g/mol. The maximum Gasteiger partial charge on any atom is 0.233 e. The molecule has 20 heavy (non-hydrogen) atoms. The number of unbranched alkanes of at least 4 members (excludes halogenated alkanes) is 1. The molecule has 1 heterocycles. The van der Waals surface area contributed by atoms with Crippen molar-refractivity contribution in [3.63, 3.8) is 0 Å². The van der Waals surface area contributed by atoms with Gasteiger partial charge in [0.15, 0.2) is 0 Å². The fraction of sp³-hybridized carbons (Fsp3) is 0.625. The van der Waals surface area contributed by atoms with Gasteiger partial charge in [-0.15, -0.1) is 0 Å². The van der Waals surface area contributed by atoms with Crippen LogP contribution in [0.5, 0.6) is 0 Å². The van der Waals surface area contributed by atoms with Crippen LogP contribution >= 0.6 is 11.8 Å². The van der Waals surface area contributed by atoms with E-state index in [4.69, 9.17) is 0 Å². The van der Waals surface area contributed by atoms with Gasteiger partial charge in [0.1, 0.15) is 0 Å². The van der Waals surface area contributed by atoms with Gasteiger partial charge in [-0.25, -0.2) is 0 Å². The highest BCUT2D eigenvalue weighted by atomic mass is 32.2. The number of hydrogen-bond donors (Lipinski definition) is 0. The Labute approximate surface area is 127 Å². The van der Waals surface area contributed by atoms with Crippen molar-refractivity contribution in [2.24, 2.45) is 0 Å². The van der Waals surface area contributed by atoms with E-state index in [2.05, 4.69) is 32.7 Å². The lowest BCUT2D eigenvalue weighted by atomic mass is 10.0. The van der Waals surface area contributed by atoms with Crippen LogP contribution < -0.4 is 0 Å². The lowest BCUT2D eigenvalue weighted by molar-refractivity contribution is -0.133. The van der Waals surface area contributed by atoms with E-state index in [0.717, 1.165) is 11.3 Å².